The topological polar surface area (TPSA) is 64.0 Å². The average Bonchev–Trinajstić information content (AvgIpc) is 2.73. The van der Waals surface area contributed by atoms with E-state index in [1.807, 2.05) is 10.9 Å². The van der Waals surface area contributed by atoms with Crippen molar-refractivity contribution in [3.63, 3.8) is 0 Å². The Bertz CT molecular complexity index is 457. The van der Waals surface area contributed by atoms with E-state index >= 15 is 0 Å². The maximum Gasteiger partial charge on any atom is 0.151 e. The van der Waals surface area contributed by atoms with Gasteiger partial charge in [0.25, 0.3) is 0 Å². The molecule has 90 valence electrons. The maximum atomic E-state index is 11.2. The summed E-state index contributed by atoms with van der Waals surface area (Å²) in [5.74, 6) is 0.605. The highest BCUT2D eigenvalue weighted by Crippen LogP contribution is 2.10. The van der Waals surface area contributed by atoms with E-state index in [1.165, 1.54) is 0 Å². The molecule has 1 saturated heterocycles. The number of sulfone groups is 1. The van der Waals surface area contributed by atoms with Gasteiger partial charge in [-0.15, -0.1) is 0 Å². The molecule has 0 spiro atoms. The van der Waals surface area contributed by atoms with E-state index in [9.17, 15) is 8.42 Å². The number of hydrogen-bond acceptors (Lipinski definition) is 4. The molecule has 5 nitrogen and oxygen atoms in total. The molecule has 1 fully saturated rings. The minimum Gasteiger partial charge on any atom is -0.311 e. The van der Waals surface area contributed by atoms with Gasteiger partial charge < -0.3 is 5.32 Å². The van der Waals surface area contributed by atoms with E-state index in [-0.39, 0.29) is 11.8 Å². The Kier molecular flexibility index (Phi) is 3.85. The molecule has 1 N–H and O–H groups in total. The van der Waals surface area contributed by atoms with Crippen molar-refractivity contribution in [2.75, 3.05) is 18.1 Å². The largest absolute Gasteiger partial charge is 0.311 e. The highest BCUT2D eigenvalue weighted by atomic mass is 127. The first kappa shape index (κ1) is 12.3. The summed E-state index contributed by atoms with van der Waals surface area (Å²) >= 11 is 2.21. The SMILES string of the molecule is O=S1(=O)CCC(NCCn2cc(I)cn2)C1. The molecule has 2 rings (SSSR count). The van der Waals surface area contributed by atoms with Crippen molar-refractivity contribution < 1.29 is 8.42 Å². The summed E-state index contributed by atoms with van der Waals surface area (Å²) in [5, 5.41) is 7.41. The molecule has 0 aromatic carbocycles. The van der Waals surface area contributed by atoms with Gasteiger partial charge in [-0.2, -0.15) is 5.10 Å². The zero-order valence-corrected chi connectivity index (χ0v) is 11.7. The lowest BCUT2D eigenvalue weighted by Gasteiger charge is -2.10. The van der Waals surface area contributed by atoms with Gasteiger partial charge in [-0.3, -0.25) is 4.68 Å². The van der Waals surface area contributed by atoms with Crippen molar-refractivity contribution in [1.82, 2.24) is 15.1 Å². The van der Waals surface area contributed by atoms with E-state index in [0.717, 1.165) is 23.1 Å². The fourth-order valence-electron chi connectivity index (χ4n) is 1.80. The molecule has 1 atom stereocenters. The molecule has 1 aliphatic heterocycles. The number of halogens is 1. The normalized spacial score (nSPS) is 23.7. The van der Waals surface area contributed by atoms with Gasteiger partial charge in [-0.05, 0) is 29.0 Å². The molecule has 7 heteroatoms. The van der Waals surface area contributed by atoms with Crippen LogP contribution in [0.2, 0.25) is 0 Å². The monoisotopic (exact) mass is 355 g/mol. The molecule has 0 amide bonds. The first-order chi connectivity index (χ1) is 7.55. The summed E-state index contributed by atoms with van der Waals surface area (Å²) in [6.45, 7) is 1.54. The van der Waals surface area contributed by atoms with Gasteiger partial charge in [0.2, 0.25) is 0 Å². The standard InChI is InChI=1S/C9H14IN3O2S/c10-8-5-12-13(6-8)3-2-11-9-1-4-16(14,15)7-9/h5-6,9,11H,1-4,7H2. The Morgan fingerprint density at radius 3 is 3.00 bits per heavy atom. The fourth-order valence-corrected chi connectivity index (χ4v) is 3.95. The molecular weight excluding hydrogens is 341 g/mol. The predicted octanol–water partition coefficient (Wildman–Crippen LogP) is 0.264. The lowest BCUT2D eigenvalue weighted by atomic mass is 10.3. The summed E-state index contributed by atoms with van der Waals surface area (Å²) in [4.78, 5) is 0. The summed E-state index contributed by atoms with van der Waals surface area (Å²) < 4.78 is 25.4. The quantitative estimate of drug-likeness (QED) is 0.788. The van der Waals surface area contributed by atoms with Crippen molar-refractivity contribution in [2.45, 2.75) is 19.0 Å². The van der Waals surface area contributed by atoms with Crippen LogP contribution in [0.1, 0.15) is 6.42 Å². The molecule has 0 bridgehead atoms. The molecule has 0 saturated carbocycles. The predicted molar refractivity (Wildman–Crippen MR) is 70.0 cm³/mol. The Balaban J connectivity index is 1.73. The van der Waals surface area contributed by atoms with Gasteiger partial charge in [-0.1, -0.05) is 0 Å². The fraction of sp³-hybridized carbons (Fsp3) is 0.667. The zero-order chi connectivity index (χ0) is 11.6. The minimum atomic E-state index is -2.77. The van der Waals surface area contributed by atoms with E-state index in [4.69, 9.17) is 0 Å². The van der Waals surface area contributed by atoms with Crippen LogP contribution in [-0.2, 0) is 16.4 Å². The summed E-state index contributed by atoms with van der Waals surface area (Å²) in [6, 6.07) is 0.125. The molecule has 1 aromatic rings. The number of rotatable bonds is 4. The number of nitrogens with one attached hydrogen (secondary N) is 1. The van der Waals surface area contributed by atoms with E-state index in [2.05, 4.69) is 33.0 Å². The zero-order valence-electron chi connectivity index (χ0n) is 8.76. The van der Waals surface area contributed by atoms with Crippen LogP contribution in [-0.4, -0.2) is 42.3 Å². The molecular formula is C9H14IN3O2S. The molecule has 1 aromatic heterocycles. The molecule has 16 heavy (non-hydrogen) atoms. The van der Waals surface area contributed by atoms with E-state index < -0.39 is 9.84 Å². The molecule has 2 heterocycles. The van der Waals surface area contributed by atoms with Crippen LogP contribution in [0.3, 0.4) is 0 Å². The van der Waals surface area contributed by atoms with Crippen LogP contribution in [0, 0.1) is 3.57 Å². The number of hydrogen-bond donors (Lipinski definition) is 1. The lowest BCUT2D eigenvalue weighted by molar-refractivity contribution is 0.499. The third kappa shape index (κ3) is 3.42. The van der Waals surface area contributed by atoms with Crippen molar-refractivity contribution in [2.24, 2.45) is 0 Å². The average molecular weight is 355 g/mol. The van der Waals surface area contributed by atoms with Crippen molar-refractivity contribution >= 4 is 32.4 Å². The van der Waals surface area contributed by atoms with Gasteiger partial charge in [-0.25, -0.2) is 8.42 Å². The van der Waals surface area contributed by atoms with Gasteiger partial charge in [0.15, 0.2) is 9.84 Å². The third-order valence-electron chi connectivity index (χ3n) is 2.61. The van der Waals surface area contributed by atoms with E-state index in [0.29, 0.717) is 5.75 Å². The van der Waals surface area contributed by atoms with E-state index in [1.54, 1.807) is 6.20 Å². The van der Waals surface area contributed by atoms with Gasteiger partial charge in [0.1, 0.15) is 0 Å². The van der Waals surface area contributed by atoms with Crippen molar-refractivity contribution in [3.8, 4) is 0 Å². The van der Waals surface area contributed by atoms with Crippen molar-refractivity contribution in [3.05, 3.63) is 16.0 Å². The van der Waals surface area contributed by atoms with Crippen LogP contribution in [0.15, 0.2) is 12.4 Å². The van der Waals surface area contributed by atoms with Crippen LogP contribution >= 0.6 is 22.6 Å². The number of aromatic nitrogens is 2. The molecule has 1 unspecified atom stereocenters. The minimum absolute atomic E-state index is 0.125. The maximum absolute atomic E-state index is 11.2. The summed E-state index contributed by atoms with van der Waals surface area (Å²) in [6.07, 6.45) is 4.51. The first-order valence-electron chi connectivity index (χ1n) is 5.17. The highest BCUT2D eigenvalue weighted by molar-refractivity contribution is 14.1. The van der Waals surface area contributed by atoms with Gasteiger partial charge in [0, 0.05) is 18.8 Å². The number of nitrogens with zero attached hydrogens (tertiary/aromatic N) is 2. The molecule has 0 aliphatic carbocycles. The molecule has 0 radical (unpaired) electrons. The first-order valence-corrected chi connectivity index (χ1v) is 8.07. The van der Waals surface area contributed by atoms with Gasteiger partial charge in [0.05, 0.1) is 27.8 Å². The Hall–Kier alpha value is -0.150. The second-order valence-corrected chi connectivity index (χ2v) is 7.45. The van der Waals surface area contributed by atoms with Crippen LogP contribution in [0.4, 0.5) is 0 Å². The third-order valence-corrected chi connectivity index (χ3v) is 4.93. The second-order valence-electron chi connectivity index (χ2n) is 3.98. The van der Waals surface area contributed by atoms with Crippen LogP contribution < -0.4 is 5.32 Å². The molecule has 1 aliphatic rings. The van der Waals surface area contributed by atoms with Crippen molar-refractivity contribution in [1.29, 1.82) is 0 Å². The van der Waals surface area contributed by atoms with Crippen LogP contribution in [0.5, 0.6) is 0 Å². The van der Waals surface area contributed by atoms with Gasteiger partial charge >= 0.3 is 0 Å². The smallest absolute Gasteiger partial charge is 0.151 e. The summed E-state index contributed by atoms with van der Waals surface area (Å²) in [7, 11) is -2.77. The second kappa shape index (κ2) is 5.01. The Labute approximate surface area is 109 Å². The highest BCUT2D eigenvalue weighted by Gasteiger charge is 2.26. The lowest BCUT2D eigenvalue weighted by Crippen LogP contribution is -2.32. The van der Waals surface area contributed by atoms with Crippen LogP contribution in [0.25, 0.3) is 0 Å². The Morgan fingerprint density at radius 2 is 2.44 bits per heavy atom. The Morgan fingerprint density at radius 1 is 1.62 bits per heavy atom. The summed E-state index contributed by atoms with van der Waals surface area (Å²) in [5.41, 5.74) is 0.